The molecule has 9 heteroatoms. The highest BCUT2D eigenvalue weighted by Gasteiger charge is 2.37. The third-order valence-electron chi connectivity index (χ3n) is 3.64. The van der Waals surface area contributed by atoms with Gasteiger partial charge in [-0.15, -0.1) is 11.8 Å². The van der Waals surface area contributed by atoms with Gasteiger partial charge >= 0.3 is 0 Å². The van der Waals surface area contributed by atoms with E-state index >= 15 is 0 Å². The molecule has 1 atom stereocenters. The lowest BCUT2D eigenvalue weighted by molar-refractivity contribution is -0.384. The van der Waals surface area contributed by atoms with Crippen LogP contribution in [0.25, 0.3) is 0 Å². The van der Waals surface area contributed by atoms with Crippen molar-refractivity contribution >= 4 is 27.5 Å². The zero-order valence-corrected chi connectivity index (χ0v) is 14.0. The Balaban J connectivity index is 1.97. The van der Waals surface area contributed by atoms with Crippen molar-refractivity contribution in [3.05, 3.63) is 70.0 Å². The molecule has 6 nitrogen and oxygen atoms in total. The van der Waals surface area contributed by atoms with E-state index in [0.29, 0.717) is 11.3 Å². The van der Waals surface area contributed by atoms with E-state index in [2.05, 4.69) is 0 Å². The summed E-state index contributed by atoms with van der Waals surface area (Å²) in [4.78, 5) is 10.4. The second kappa shape index (κ2) is 6.50. The zero-order valence-electron chi connectivity index (χ0n) is 12.3. The van der Waals surface area contributed by atoms with Crippen LogP contribution in [0.1, 0.15) is 10.9 Å². The van der Waals surface area contributed by atoms with Gasteiger partial charge in [0.05, 0.1) is 15.2 Å². The molecule has 126 valence electrons. The van der Waals surface area contributed by atoms with Gasteiger partial charge in [0.25, 0.3) is 5.69 Å². The van der Waals surface area contributed by atoms with Gasteiger partial charge < -0.3 is 0 Å². The summed E-state index contributed by atoms with van der Waals surface area (Å²) in [6.45, 7) is 0.289. The Bertz CT molecular complexity index is 871. The van der Waals surface area contributed by atoms with Gasteiger partial charge in [0.15, 0.2) is 0 Å². The quantitative estimate of drug-likeness (QED) is 0.612. The standard InChI is InChI=1S/C15H13FN2O4S2/c16-12-4-6-14(7-5-12)24(21,22)17-8-9-23-15(17)11-2-1-3-13(10-11)18(19)20/h1-7,10,15H,8-9H2/t15-/m1/s1. The molecule has 1 aliphatic heterocycles. The van der Waals surface area contributed by atoms with E-state index < -0.39 is 26.1 Å². The molecule has 0 aromatic heterocycles. The third kappa shape index (κ3) is 3.14. The van der Waals surface area contributed by atoms with Crippen LogP contribution in [0.2, 0.25) is 0 Å². The molecule has 1 aliphatic rings. The summed E-state index contributed by atoms with van der Waals surface area (Å²) in [5.41, 5.74) is 0.469. The number of hydrogen-bond acceptors (Lipinski definition) is 5. The first kappa shape index (κ1) is 16.9. The van der Waals surface area contributed by atoms with E-state index in [-0.39, 0.29) is 17.1 Å². The minimum Gasteiger partial charge on any atom is -0.258 e. The summed E-state index contributed by atoms with van der Waals surface area (Å²) in [6, 6.07) is 10.6. The summed E-state index contributed by atoms with van der Waals surface area (Å²) >= 11 is 1.40. The number of thioether (sulfide) groups is 1. The molecule has 24 heavy (non-hydrogen) atoms. The molecule has 2 aromatic rings. The van der Waals surface area contributed by atoms with Gasteiger partial charge in [0.1, 0.15) is 5.82 Å². The summed E-state index contributed by atoms with van der Waals surface area (Å²) < 4.78 is 39.9. The number of sulfonamides is 1. The van der Waals surface area contributed by atoms with Crippen molar-refractivity contribution in [2.75, 3.05) is 12.3 Å². The molecule has 0 aliphatic carbocycles. The average molecular weight is 368 g/mol. The molecule has 0 radical (unpaired) electrons. The zero-order chi connectivity index (χ0) is 17.3. The second-order valence-electron chi connectivity index (χ2n) is 5.14. The number of nitro benzene ring substituents is 1. The van der Waals surface area contributed by atoms with Crippen LogP contribution in [0.5, 0.6) is 0 Å². The lowest BCUT2D eigenvalue weighted by Crippen LogP contribution is -2.30. The first-order valence-corrected chi connectivity index (χ1v) is 9.52. The van der Waals surface area contributed by atoms with Crippen molar-refractivity contribution in [1.82, 2.24) is 4.31 Å². The van der Waals surface area contributed by atoms with Crippen molar-refractivity contribution < 1.29 is 17.7 Å². The van der Waals surface area contributed by atoms with Crippen LogP contribution in [-0.2, 0) is 10.0 Å². The number of nitro groups is 1. The lowest BCUT2D eigenvalue weighted by atomic mass is 10.2. The van der Waals surface area contributed by atoms with E-state index in [9.17, 15) is 22.9 Å². The topological polar surface area (TPSA) is 80.5 Å². The SMILES string of the molecule is O=[N+]([O-])c1cccc([C@H]2SCCN2S(=O)(=O)c2ccc(F)cc2)c1. The van der Waals surface area contributed by atoms with Crippen molar-refractivity contribution in [3.63, 3.8) is 0 Å². The molecule has 1 saturated heterocycles. The molecule has 0 amide bonds. The Hall–Kier alpha value is -1.97. The van der Waals surface area contributed by atoms with E-state index in [0.717, 1.165) is 12.1 Å². The van der Waals surface area contributed by atoms with Crippen LogP contribution < -0.4 is 0 Å². The fraction of sp³-hybridized carbons (Fsp3) is 0.200. The highest BCUT2D eigenvalue weighted by Crippen LogP contribution is 2.42. The van der Waals surface area contributed by atoms with Gasteiger partial charge in [-0.05, 0) is 29.8 Å². The number of hydrogen-bond donors (Lipinski definition) is 0. The predicted octanol–water partition coefficient (Wildman–Crippen LogP) is 3.17. The summed E-state index contributed by atoms with van der Waals surface area (Å²) in [7, 11) is -3.81. The minimum absolute atomic E-state index is 0.00170. The molecule has 3 rings (SSSR count). The van der Waals surface area contributed by atoms with Crippen molar-refractivity contribution in [1.29, 1.82) is 0 Å². The minimum atomic E-state index is -3.81. The Morgan fingerprint density at radius 1 is 1.21 bits per heavy atom. The largest absolute Gasteiger partial charge is 0.269 e. The number of rotatable bonds is 4. The summed E-state index contributed by atoms with van der Waals surface area (Å²) in [6.07, 6.45) is 0. The molecule has 0 spiro atoms. The van der Waals surface area contributed by atoms with E-state index in [4.69, 9.17) is 0 Å². The van der Waals surface area contributed by atoms with Crippen LogP contribution in [0.3, 0.4) is 0 Å². The predicted molar refractivity (Wildman–Crippen MR) is 88.6 cm³/mol. The molecule has 0 unspecified atom stereocenters. The van der Waals surface area contributed by atoms with Gasteiger partial charge in [-0.3, -0.25) is 10.1 Å². The fourth-order valence-corrected chi connectivity index (χ4v) is 5.73. The van der Waals surface area contributed by atoms with Gasteiger partial charge in [0.2, 0.25) is 10.0 Å². The second-order valence-corrected chi connectivity index (χ2v) is 8.22. The van der Waals surface area contributed by atoms with Gasteiger partial charge in [0, 0.05) is 24.4 Å². The third-order valence-corrected chi connectivity index (χ3v) is 6.91. The Labute approximate surface area is 142 Å². The molecular formula is C15H13FN2O4S2. The van der Waals surface area contributed by atoms with Crippen LogP contribution in [0.15, 0.2) is 53.4 Å². The summed E-state index contributed by atoms with van der Waals surface area (Å²) in [5.74, 6) is 0.0633. The average Bonchev–Trinajstić information content (AvgIpc) is 3.06. The number of halogens is 1. The van der Waals surface area contributed by atoms with Crippen molar-refractivity contribution in [2.45, 2.75) is 10.3 Å². The van der Waals surface area contributed by atoms with Crippen LogP contribution in [-0.4, -0.2) is 29.9 Å². The molecule has 1 fully saturated rings. The van der Waals surface area contributed by atoms with Crippen molar-refractivity contribution in [3.8, 4) is 0 Å². The maximum atomic E-state index is 13.0. The normalized spacial score (nSPS) is 18.6. The van der Waals surface area contributed by atoms with Gasteiger partial charge in [-0.2, -0.15) is 4.31 Å². The summed E-state index contributed by atoms with van der Waals surface area (Å²) in [5, 5.41) is 10.4. The van der Waals surface area contributed by atoms with Crippen LogP contribution >= 0.6 is 11.8 Å². The van der Waals surface area contributed by atoms with Crippen LogP contribution in [0.4, 0.5) is 10.1 Å². The van der Waals surface area contributed by atoms with E-state index in [1.54, 1.807) is 6.07 Å². The van der Waals surface area contributed by atoms with E-state index in [1.165, 1.54) is 46.4 Å². The number of benzene rings is 2. The molecule has 1 heterocycles. The molecular weight excluding hydrogens is 355 g/mol. The van der Waals surface area contributed by atoms with Gasteiger partial charge in [-0.25, -0.2) is 12.8 Å². The number of non-ortho nitro benzene ring substituents is 1. The first-order valence-electron chi connectivity index (χ1n) is 7.03. The lowest BCUT2D eigenvalue weighted by Gasteiger charge is -2.23. The van der Waals surface area contributed by atoms with Crippen molar-refractivity contribution in [2.24, 2.45) is 0 Å². The number of nitrogens with zero attached hydrogens (tertiary/aromatic N) is 2. The molecule has 0 saturated carbocycles. The van der Waals surface area contributed by atoms with Gasteiger partial charge in [-0.1, -0.05) is 12.1 Å². The molecule has 0 bridgehead atoms. The smallest absolute Gasteiger partial charge is 0.258 e. The maximum Gasteiger partial charge on any atom is 0.269 e. The van der Waals surface area contributed by atoms with E-state index in [1.807, 2.05) is 0 Å². The molecule has 0 N–H and O–H groups in total. The highest BCUT2D eigenvalue weighted by molar-refractivity contribution is 8.01. The highest BCUT2D eigenvalue weighted by atomic mass is 32.2. The van der Waals surface area contributed by atoms with Crippen LogP contribution in [0, 0.1) is 15.9 Å². The Morgan fingerprint density at radius 2 is 1.92 bits per heavy atom. The first-order chi connectivity index (χ1) is 11.4. The fourth-order valence-electron chi connectivity index (χ4n) is 2.50. The Kier molecular flexibility index (Phi) is 4.57. The monoisotopic (exact) mass is 368 g/mol. The molecule has 2 aromatic carbocycles. The maximum absolute atomic E-state index is 13.0. The Morgan fingerprint density at radius 3 is 2.58 bits per heavy atom.